The molecule has 0 radical (unpaired) electrons. The fraction of sp³-hybridized carbons (Fsp3) is 0.300. The number of nitrogen functional groups attached to an aromatic ring is 1. The summed E-state index contributed by atoms with van der Waals surface area (Å²) in [6, 6.07) is 10.0. The smallest absolute Gasteiger partial charge is 0.223 e. The van der Waals surface area contributed by atoms with Gasteiger partial charge in [0.05, 0.1) is 28.2 Å². The van der Waals surface area contributed by atoms with Crippen molar-refractivity contribution in [1.82, 2.24) is 24.9 Å². The molecule has 0 bridgehead atoms. The van der Waals surface area contributed by atoms with Crippen LogP contribution in [0.4, 0.5) is 17.6 Å². The highest BCUT2D eigenvalue weighted by molar-refractivity contribution is 5.88. The summed E-state index contributed by atoms with van der Waals surface area (Å²) in [6.45, 7) is 2.63. The van der Waals surface area contributed by atoms with Crippen molar-refractivity contribution < 1.29 is 0 Å². The molecule has 2 fully saturated rings. The number of para-hydroxylation sites is 2. The highest BCUT2D eigenvalue weighted by atomic mass is 15.4. The van der Waals surface area contributed by atoms with Gasteiger partial charge in [-0.2, -0.15) is 9.97 Å². The SMILES string of the molecule is Nc1nc(N2CCN(c3cnc4ccccc4n3)C3(CC3)C2)c2cc[nH]c2n1. The lowest BCUT2D eigenvalue weighted by Gasteiger charge is -2.43. The monoisotopic (exact) mass is 372 g/mol. The van der Waals surface area contributed by atoms with Gasteiger partial charge in [0.1, 0.15) is 17.3 Å². The Kier molecular flexibility index (Phi) is 3.09. The number of aromatic amines is 1. The molecule has 3 aromatic heterocycles. The molecule has 6 rings (SSSR count). The van der Waals surface area contributed by atoms with Gasteiger partial charge in [0.25, 0.3) is 0 Å². The molecule has 140 valence electrons. The van der Waals surface area contributed by atoms with Crippen LogP contribution in [-0.4, -0.2) is 50.1 Å². The minimum Gasteiger partial charge on any atom is -0.368 e. The molecule has 0 unspecified atom stereocenters. The van der Waals surface area contributed by atoms with Crippen molar-refractivity contribution >= 4 is 39.7 Å². The van der Waals surface area contributed by atoms with Crippen molar-refractivity contribution in [3.8, 4) is 0 Å². The normalized spacial score (nSPS) is 18.3. The van der Waals surface area contributed by atoms with Crippen molar-refractivity contribution in [2.45, 2.75) is 18.4 Å². The van der Waals surface area contributed by atoms with Gasteiger partial charge in [-0.1, -0.05) is 12.1 Å². The second-order valence-corrected chi connectivity index (χ2v) is 7.66. The lowest BCUT2D eigenvalue weighted by molar-refractivity contribution is 0.503. The van der Waals surface area contributed by atoms with Crippen LogP contribution in [0.15, 0.2) is 42.7 Å². The molecule has 28 heavy (non-hydrogen) atoms. The third kappa shape index (κ3) is 2.30. The van der Waals surface area contributed by atoms with Gasteiger partial charge < -0.3 is 20.5 Å². The van der Waals surface area contributed by atoms with Crippen LogP contribution in [0.3, 0.4) is 0 Å². The lowest BCUT2D eigenvalue weighted by atomic mass is 10.1. The third-order valence-electron chi connectivity index (χ3n) is 5.90. The van der Waals surface area contributed by atoms with Gasteiger partial charge in [0, 0.05) is 25.8 Å². The summed E-state index contributed by atoms with van der Waals surface area (Å²) < 4.78 is 0. The van der Waals surface area contributed by atoms with E-state index in [4.69, 9.17) is 10.7 Å². The van der Waals surface area contributed by atoms with Gasteiger partial charge in [-0.3, -0.25) is 4.98 Å². The van der Waals surface area contributed by atoms with Gasteiger partial charge in [-0.05, 0) is 31.0 Å². The first-order valence-corrected chi connectivity index (χ1v) is 9.57. The summed E-state index contributed by atoms with van der Waals surface area (Å²) in [5.74, 6) is 2.18. The van der Waals surface area contributed by atoms with E-state index < -0.39 is 0 Å². The van der Waals surface area contributed by atoms with Crippen LogP contribution in [0.5, 0.6) is 0 Å². The van der Waals surface area contributed by atoms with Crippen molar-refractivity contribution in [3.05, 3.63) is 42.7 Å². The number of nitrogens with two attached hydrogens (primary N) is 1. The zero-order valence-electron chi connectivity index (χ0n) is 15.3. The second kappa shape index (κ2) is 5.54. The average molecular weight is 372 g/mol. The molecule has 1 spiro atoms. The van der Waals surface area contributed by atoms with Crippen LogP contribution in [0.1, 0.15) is 12.8 Å². The Morgan fingerprint density at radius 2 is 1.86 bits per heavy atom. The highest BCUT2D eigenvalue weighted by Crippen LogP contribution is 2.47. The minimum absolute atomic E-state index is 0.0950. The quantitative estimate of drug-likeness (QED) is 0.557. The Bertz CT molecular complexity index is 1200. The van der Waals surface area contributed by atoms with E-state index in [9.17, 15) is 0 Å². The van der Waals surface area contributed by atoms with Crippen molar-refractivity contribution in [3.63, 3.8) is 0 Å². The number of piperazine rings is 1. The second-order valence-electron chi connectivity index (χ2n) is 7.66. The molecule has 1 aliphatic carbocycles. The Hall–Kier alpha value is -3.42. The molecule has 3 N–H and O–H groups in total. The van der Waals surface area contributed by atoms with E-state index in [0.717, 1.165) is 66.2 Å². The van der Waals surface area contributed by atoms with Gasteiger partial charge in [0.15, 0.2) is 0 Å². The van der Waals surface area contributed by atoms with Crippen LogP contribution in [0, 0.1) is 0 Å². The largest absolute Gasteiger partial charge is 0.368 e. The standard InChI is InChI=1S/C20H20N8/c21-19-25-17-13(5-8-22-17)18(26-19)27-9-10-28(20(12-27)6-7-20)16-11-23-14-3-1-2-4-15(14)24-16/h1-5,8,11H,6-7,9-10,12H2,(H3,21,22,25,26). The van der Waals surface area contributed by atoms with E-state index in [1.807, 2.05) is 42.7 Å². The number of anilines is 3. The maximum atomic E-state index is 5.95. The fourth-order valence-electron chi connectivity index (χ4n) is 4.35. The number of fused-ring (bicyclic) bond motifs is 2. The van der Waals surface area contributed by atoms with Crippen LogP contribution in [-0.2, 0) is 0 Å². The molecular formula is C20H20N8. The Morgan fingerprint density at radius 1 is 1.00 bits per heavy atom. The fourth-order valence-corrected chi connectivity index (χ4v) is 4.35. The Morgan fingerprint density at radius 3 is 2.71 bits per heavy atom. The molecule has 8 heteroatoms. The summed E-state index contributed by atoms with van der Waals surface area (Å²) in [5.41, 5.74) is 8.70. The number of hydrogen-bond acceptors (Lipinski definition) is 7. The highest BCUT2D eigenvalue weighted by Gasteiger charge is 2.52. The maximum absolute atomic E-state index is 5.95. The Balaban J connectivity index is 1.35. The molecule has 8 nitrogen and oxygen atoms in total. The first-order valence-electron chi connectivity index (χ1n) is 9.57. The first kappa shape index (κ1) is 15.6. The van der Waals surface area contributed by atoms with E-state index in [-0.39, 0.29) is 5.54 Å². The zero-order chi connectivity index (χ0) is 18.7. The van der Waals surface area contributed by atoms with E-state index in [0.29, 0.717) is 5.95 Å². The molecule has 4 heterocycles. The predicted molar refractivity (Wildman–Crippen MR) is 109 cm³/mol. The topological polar surface area (TPSA) is 99.9 Å². The minimum atomic E-state index is 0.0950. The van der Waals surface area contributed by atoms with Crippen molar-refractivity contribution in [2.24, 2.45) is 0 Å². The van der Waals surface area contributed by atoms with Gasteiger partial charge in [-0.15, -0.1) is 0 Å². The van der Waals surface area contributed by atoms with E-state index >= 15 is 0 Å². The third-order valence-corrected chi connectivity index (χ3v) is 5.90. The van der Waals surface area contributed by atoms with Crippen LogP contribution < -0.4 is 15.5 Å². The number of H-pyrrole nitrogens is 1. The molecule has 4 aromatic rings. The molecule has 0 atom stereocenters. The number of aromatic nitrogens is 5. The zero-order valence-corrected chi connectivity index (χ0v) is 15.3. The summed E-state index contributed by atoms with van der Waals surface area (Å²) in [7, 11) is 0. The molecule has 1 saturated heterocycles. The van der Waals surface area contributed by atoms with E-state index in [1.54, 1.807) is 0 Å². The summed E-state index contributed by atoms with van der Waals surface area (Å²) in [5, 5.41) is 1.02. The lowest BCUT2D eigenvalue weighted by Crippen LogP contribution is -2.56. The molecule has 0 amide bonds. The van der Waals surface area contributed by atoms with Gasteiger partial charge in [-0.25, -0.2) is 4.98 Å². The van der Waals surface area contributed by atoms with Crippen LogP contribution in [0.25, 0.3) is 22.1 Å². The van der Waals surface area contributed by atoms with Gasteiger partial charge >= 0.3 is 0 Å². The number of hydrogen-bond donors (Lipinski definition) is 2. The molecule has 1 aliphatic heterocycles. The summed E-state index contributed by atoms with van der Waals surface area (Å²) in [4.78, 5) is 26.3. The first-order chi connectivity index (χ1) is 13.7. The molecule has 2 aliphatic rings. The van der Waals surface area contributed by atoms with Gasteiger partial charge in [0.2, 0.25) is 5.95 Å². The Labute approximate surface area is 161 Å². The molecular weight excluding hydrogens is 352 g/mol. The number of nitrogens with zero attached hydrogens (tertiary/aromatic N) is 6. The number of benzene rings is 1. The number of rotatable bonds is 2. The van der Waals surface area contributed by atoms with Crippen LogP contribution >= 0.6 is 0 Å². The molecule has 1 saturated carbocycles. The number of nitrogens with one attached hydrogen (secondary N) is 1. The van der Waals surface area contributed by atoms with Crippen LogP contribution in [0.2, 0.25) is 0 Å². The van der Waals surface area contributed by atoms with E-state index in [2.05, 4.69) is 29.7 Å². The average Bonchev–Trinajstić information content (AvgIpc) is 3.31. The van der Waals surface area contributed by atoms with E-state index in [1.165, 1.54) is 0 Å². The predicted octanol–water partition coefficient (Wildman–Crippen LogP) is 2.34. The van der Waals surface area contributed by atoms with Crippen molar-refractivity contribution in [1.29, 1.82) is 0 Å². The molecule has 1 aromatic carbocycles. The van der Waals surface area contributed by atoms with Crippen molar-refractivity contribution in [2.75, 3.05) is 35.2 Å². The maximum Gasteiger partial charge on any atom is 0.223 e. The summed E-state index contributed by atoms with van der Waals surface area (Å²) in [6.07, 6.45) is 6.09. The summed E-state index contributed by atoms with van der Waals surface area (Å²) >= 11 is 0.